The number of ether oxygens (including phenoxy) is 1. The molecule has 1 rings (SSSR count). The van der Waals surface area contributed by atoms with Crippen LogP contribution in [0.5, 0.6) is 0 Å². The summed E-state index contributed by atoms with van der Waals surface area (Å²) >= 11 is 0. The molecule has 1 heterocycles. The Morgan fingerprint density at radius 2 is 2.29 bits per heavy atom. The highest BCUT2D eigenvalue weighted by Gasteiger charge is 2.26. The fourth-order valence-electron chi connectivity index (χ4n) is 1.98. The topological polar surface area (TPSA) is 50.4 Å². The van der Waals surface area contributed by atoms with Crippen LogP contribution in [0.15, 0.2) is 0 Å². The van der Waals surface area contributed by atoms with Gasteiger partial charge >= 0.3 is 0 Å². The Bertz CT molecular complexity index is 219. The van der Waals surface area contributed by atoms with Crippen molar-refractivity contribution < 1.29 is 9.53 Å². The molecule has 2 N–H and O–H groups in total. The Balaban J connectivity index is 0.00000256. The molecule has 0 aromatic heterocycles. The molecule has 0 saturated carbocycles. The number of carbonyl (C=O) groups is 1. The molecule has 17 heavy (non-hydrogen) atoms. The zero-order valence-corrected chi connectivity index (χ0v) is 11.7. The molecule has 1 aliphatic heterocycles. The van der Waals surface area contributed by atoms with Crippen LogP contribution in [-0.2, 0) is 9.53 Å². The number of carbonyl (C=O) groups excluding carboxylic acids is 1. The molecule has 1 fully saturated rings. The van der Waals surface area contributed by atoms with Gasteiger partial charge < -0.3 is 15.4 Å². The molecule has 1 saturated heterocycles. The van der Waals surface area contributed by atoms with Crippen molar-refractivity contribution in [2.24, 2.45) is 5.41 Å². The van der Waals surface area contributed by atoms with Gasteiger partial charge in [0.2, 0.25) is 5.91 Å². The van der Waals surface area contributed by atoms with Gasteiger partial charge in [-0.05, 0) is 31.7 Å². The summed E-state index contributed by atoms with van der Waals surface area (Å²) in [5, 5.41) is 6.37. The second-order valence-corrected chi connectivity index (χ2v) is 4.81. The van der Waals surface area contributed by atoms with Crippen LogP contribution in [0.1, 0.15) is 33.1 Å². The number of halogens is 1. The first-order valence-corrected chi connectivity index (χ1v) is 6.21. The lowest BCUT2D eigenvalue weighted by molar-refractivity contribution is -0.122. The van der Waals surface area contributed by atoms with Crippen molar-refractivity contribution in [3.8, 4) is 0 Å². The van der Waals surface area contributed by atoms with E-state index in [2.05, 4.69) is 17.6 Å². The van der Waals surface area contributed by atoms with E-state index in [9.17, 15) is 4.79 Å². The van der Waals surface area contributed by atoms with Crippen molar-refractivity contribution in [2.45, 2.75) is 33.1 Å². The van der Waals surface area contributed by atoms with Crippen molar-refractivity contribution in [1.29, 1.82) is 0 Å². The molecule has 0 spiro atoms. The maximum Gasteiger partial charge on any atom is 0.222 e. The maximum absolute atomic E-state index is 11.5. The van der Waals surface area contributed by atoms with Gasteiger partial charge in [0.15, 0.2) is 0 Å². The molecule has 4 nitrogen and oxygen atoms in total. The second-order valence-electron chi connectivity index (χ2n) is 4.81. The van der Waals surface area contributed by atoms with Gasteiger partial charge in [0.25, 0.3) is 0 Å². The van der Waals surface area contributed by atoms with Crippen LogP contribution in [0.4, 0.5) is 0 Å². The van der Waals surface area contributed by atoms with E-state index in [0.29, 0.717) is 19.6 Å². The summed E-state index contributed by atoms with van der Waals surface area (Å²) in [4.78, 5) is 11.5. The summed E-state index contributed by atoms with van der Waals surface area (Å²) in [6, 6.07) is 0. The lowest BCUT2D eigenvalue weighted by Crippen LogP contribution is -2.45. The number of nitrogens with one attached hydrogen (secondary N) is 2. The predicted molar refractivity (Wildman–Crippen MR) is 71.6 cm³/mol. The molecule has 0 aromatic rings. The van der Waals surface area contributed by atoms with E-state index in [1.54, 1.807) is 0 Å². The molecule has 1 unspecified atom stereocenters. The normalized spacial score (nSPS) is 23.9. The molecule has 102 valence electrons. The molecule has 0 aromatic carbocycles. The third-order valence-electron chi connectivity index (χ3n) is 3.08. The van der Waals surface area contributed by atoms with Gasteiger partial charge in [0.1, 0.15) is 0 Å². The smallest absolute Gasteiger partial charge is 0.222 e. The average Bonchev–Trinajstić information content (AvgIpc) is 2.28. The summed E-state index contributed by atoms with van der Waals surface area (Å²) in [6.07, 6.45) is 2.86. The van der Waals surface area contributed by atoms with Crippen LogP contribution in [-0.4, -0.2) is 38.8 Å². The van der Waals surface area contributed by atoms with E-state index in [1.807, 2.05) is 6.92 Å². The van der Waals surface area contributed by atoms with Gasteiger partial charge in [-0.2, -0.15) is 0 Å². The monoisotopic (exact) mass is 264 g/mol. The van der Waals surface area contributed by atoms with Crippen LogP contribution in [0.2, 0.25) is 0 Å². The van der Waals surface area contributed by atoms with Gasteiger partial charge in [-0.15, -0.1) is 12.4 Å². The Kier molecular flexibility index (Phi) is 8.56. The first-order chi connectivity index (χ1) is 7.66. The summed E-state index contributed by atoms with van der Waals surface area (Å²) in [5.74, 6) is 0.0975. The van der Waals surface area contributed by atoms with Gasteiger partial charge in [0.05, 0.1) is 6.61 Å². The quantitative estimate of drug-likeness (QED) is 0.712. The molecule has 0 bridgehead atoms. The molecule has 5 heteroatoms. The minimum absolute atomic E-state index is 0. The Morgan fingerprint density at radius 1 is 1.53 bits per heavy atom. The van der Waals surface area contributed by atoms with Crippen molar-refractivity contribution in [2.75, 3.05) is 32.8 Å². The van der Waals surface area contributed by atoms with Crippen molar-refractivity contribution in [3.63, 3.8) is 0 Å². The fraction of sp³-hybridized carbons (Fsp3) is 0.917. The van der Waals surface area contributed by atoms with Gasteiger partial charge in [-0.1, -0.05) is 6.92 Å². The highest BCUT2D eigenvalue weighted by molar-refractivity contribution is 5.85. The van der Waals surface area contributed by atoms with Gasteiger partial charge in [-0.3, -0.25) is 4.79 Å². The minimum atomic E-state index is 0. The van der Waals surface area contributed by atoms with E-state index in [-0.39, 0.29) is 23.7 Å². The number of hydrogen-bond donors (Lipinski definition) is 2. The Hall–Kier alpha value is -0.320. The largest absolute Gasteiger partial charge is 0.381 e. The molecular formula is C12H25ClN2O2. The van der Waals surface area contributed by atoms with E-state index in [1.165, 1.54) is 12.8 Å². The molecular weight excluding hydrogens is 240 g/mol. The second kappa shape index (κ2) is 8.72. The third-order valence-corrected chi connectivity index (χ3v) is 3.08. The third kappa shape index (κ3) is 6.86. The Labute approximate surface area is 110 Å². The van der Waals surface area contributed by atoms with Crippen LogP contribution in [0.25, 0.3) is 0 Å². The van der Waals surface area contributed by atoms with Crippen LogP contribution >= 0.6 is 12.4 Å². The van der Waals surface area contributed by atoms with E-state index in [0.717, 1.165) is 19.6 Å². The van der Waals surface area contributed by atoms with Gasteiger partial charge in [0, 0.05) is 26.1 Å². The first kappa shape index (κ1) is 16.7. The molecule has 1 atom stereocenters. The van der Waals surface area contributed by atoms with E-state index < -0.39 is 0 Å². The summed E-state index contributed by atoms with van der Waals surface area (Å²) in [7, 11) is 0. The van der Waals surface area contributed by atoms with E-state index >= 15 is 0 Å². The average molecular weight is 265 g/mol. The fourth-order valence-corrected chi connectivity index (χ4v) is 1.98. The van der Waals surface area contributed by atoms with E-state index in [4.69, 9.17) is 4.74 Å². The van der Waals surface area contributed by atoms with Crippen LogP contribution in [0.3, 0.4) is 0 Å². The van der Waals surface area contributed by atoms with Crippen LogP contribution < -0.4 is 10.6 Å². The lowest BCUT2D eigenvalue weighted by Gasteiger charge is -2.34. The maximum atomic E-state index is 11.5. The molecule has 0 radical (unpaired) electrons. The molecule has 1 amide bonds. The van der Waals surface area contributed by atoms with Crippen LogP contribution in [0, 0.1) is 5.41 Å². The SMILES string of the molecule is CCOCCC(=O)NCC1(C)CCCNC1.Cl. The molecule has 0 aliphatic carbocycles. The van der Waals surface area contributed by atoms with Gasteiger partial charge in [-0.25, -0.2) is 0 Å². The highest BCUT2D eigenvalue weighted by Crippen LogP contribution is 2.23. The first-order valence-electron chi connectivity index (χ1n) is 6.21. The zero-order chi connectivity index (χ0) is 11.9. The summed E-state index contributed by atoms with van der Waals surface area (Å²) in [6.45, 7) is 8.23. The lowest BCUT2D eigenvalue weighted by atomic mass is 9.83. The number of hydrogen-bond acceptors (Lipinski definition) is 3. The Morgan fingerprint density at radius 3 is 2.88 bits per heavy atom. The summed E-state index contributed by atoms with van der Waals surface area (Å²) < 4.78 is 5.15. The number of piperidine rings is 1. The van der Waals surface area contributed by atoms with Crippen molar-refractivity contribution in [1.82, 2.24) is 10.6 Å². The van der Waals surface area contributed by atoms with Crippen molar-refractivity contribution in [3.05, 3.63) is 0 Å². The predicted octanol–water partition coefficient (Wildman–Crippen LogP) is 1.34. The van der Waals surface area contributed by atoms with Crippen molar-refractivity contribution >= 4 is 18.3 Å². The number of amides is 1. The highest BCUT2D eigenvalue weighted by atomic mass is 35.5. The number of rotatable bonds is 6. The minimum Gasteiger partial charge on any atom is -0.381 e. The molecule has 1 aliphatic rings. The standard InChI is InChI=1S/C12H24N2O2.ClH/c1-3-16-8-5-11(15)14-10-12(2)6-4-7-13-9-12;/h13H,3-10H2,1-2H3,(H,14,15);1H. The zero-order valence-electron chi connectivity index (χ0n) is 10.9. The summed E-state index contributed by atoms with van der Waals surface area (Å²) in [5.41, 5.74) is 0.222.